The lowest BCUT2D eigenvalue weighted by Gasteiger charge is -2.49. The van der Waals surface area contributed by atoms with Crippen LogP contribution in [-0.2, 0) is 4.74 Å². The van der Waals surface area contributed by atoms with E-state index in [2.05, 4.69) is 0 Å². The van der Waals surface area contributed by atoms with Gasteiger partial charge in [0.2, 0.25) is 5.79 Å². The van der Waals surface area contributed by atoms with Crippen LogP contribution < -0.4 is 4.74 Å². The summed E-state index contributed by atoms with van der Waals surface area (Å²) in [5, 5.41) is 21.2. The van der Waals surface area contributed by atoms with E-state index < -0.39 is 18.0 Å². The van der Waals surface area contributed by atoms with Crippen LogP contribution >= 0.6 is 0 Å². The molecule has 0 aromatic heterocycles. The fourth-order valence-electron chi connectivity index (χ4n) is 3.80. The molecule has 1 fully saturated rings. The first kappa shape index (κ1) is 15.6. The molecule has 1 spiro atoms. The number of rotatable bonds is 1. The van der Waals surface area contributed by atoms with Crippen LogP contribution in [0.2, 0.25) is 0 Å². The molecule has 0 amide bonds. The molecule has 24 heavy (non-hydrogen) atoms. The smallest absolute Gasteiger partial charge is 0.216 e. The van der Waals surface area contributed by atoms with Gasteiger partial charge in [-0.25, -0.2) is 0 Å². The SMILES string of the molecule is C[C@@H]1[C@@H](O)C[C@@]2(C[C@H](O)c3ccccc3O2)O[C@H]1c1ccccc1. The zero-order valence-corrected chi connectivity index (χ0v) is 13.6. The number of fused-ring (bicyclic) bond motifs is 1. The fourth-order valence-corrected chi connectivity index (χ4v) is 3.80. The molecule has 0 radical (unpaired) electrons. The van der Waals surface area contributed by atoms with Crippen molar-refractivity contribution in [3.05, 3.63) is 65.7 Å². The Balaban J connectivity index is 1.69. The third kappa shape index (κ3) is 2.61. The molecule has 0 aliphatic carbocycles. The highest BCUT2D eigenvalue weighted by atomic mass is 16.7. The van der Waals surface area contributed by atoms with Gasteiger partial charge in [0.1, 0.15) is 5.75 Å². The van der Waals surface area contributed by atoms with E-state index in [1.807, 2.05) is 61.5 Å². The number of hydrogen-bond acceptors (Lipinski definition) is 4. The summed E-state index contributed by atoms with van der Waals surface area (Å²) in [6.07, 6.45) is -0.819. The molecule has 4 rings (SSSR count). The standard InChI is InChI=1S/C20H22O4/c1-13-16(21)11-20(24-19(13)14-7-3-2-4-8-14)12-17(22)15-9-5-6-10-18(15)23-20/h2-10,13,16-17,19,21-22H,11-12H2,1H3/t13-,16+,17+,19-,20+/m1/s1. The summed E-state index contributed by atoms with van der Waals surface area (Å²) in [6, 6.07) is 17.3. The largest absolute Gasteiger partial charge is 0.462 e. The number of benzene rings is 2. The topological polar surface area (TPSA) is 58.9 Å². The van der Waals surface area contributed by atoms with Gasteiger partial charge in [0, 0.05) is 24.3 Å². The highest BCUT2D eigenvalue weighted by molar-refractivity contribution is 5.37. The van der Waals surface area contributed by atoms with Crippen molar-refractivity contribution in [2.45, 2.75) is 43.9 Å². The van der Waals surface area contributed by atoms with Crippen molar-refractivity contribution < 1.29 is 19.7 Å². The molecule has 4 heteroatoms. The lowest BCUT2D eigenvalue weighted by molar-refractivity contribution is -0.292. The van der Waals surface area contributed by atoms with E-state index in [4.69, 9.17) is 9.47 Å². The van der Waals surface area contributed by atoms with Crippen LogP contribution in [0.25, 0.3) is 0 Å². The zero-order chi connectivity index (χ0) is 16.7. The summed E-state index contributed by atoms with van der Waals surface area (Å²) in [7, 11) is 0. The maximum Gasteiger partial charge on any atom is 0.216 e. The van der Waals surface area contributed by atoms with Gasteiger partial charge >= 0.3 is 0 Å². The third-order valence-corrected chi connectivity index (χ3v) is 5.15. The second-order valence-electron chi connectivity index (χ2n) is 6.85. The summed E-state index contributed by atoms with van der Waals surface area (Å²) in [6.45, 7) is 1.99. The van der Waals surface area contributed by atoms with E-state index >= 15 is 0 Å². The van der Waals surface area contributed by atoms with Gasteiger partial charge in [0.25, 0.3) is 0 Å². The van der Waals surface area contributed by atoms with Crippen molar-refractivity contribution in [3.63, 3.8) is 0 Å². The highest BCUT2D eigenvalue weighted by Crippen LogP contribution is 2.49. The maximum absolute atomic E-state index is 10.6. The third-order valence-electron chi connectivity index (χ3n) is 5.15. The monoisotopic (exact) mass is 326 g/mol. The van der Waals surface area contributed by atoms with Gasteiger partial charge in [-0.2, -0.15) is 0 Å². The molecule has 2 N–H and O–H groups in total. The Kier molecular flexibility index (Phi) is 3.83. The van der Waals surface area contributed by atoms with E-state index in [9.17, 15) is 10.2 Å². The van der Waals surface area contributed by atoms with Crippen LogP contribution in [0.15, 0.2) is 54.6 Å². The lowest BCUT2D eigenvalue weighted by Crippen LogP contribution is -2.53. The second kappa shape index (κ2) is 5.88. The molecule has 2 aromatic rings. The number of aliphatic hydroxyl groups excluding tert-OH is 2. The van der Waals surface area contributed by atoms with Gasteiger partial charge in [-0.05, 0) is 11.6 Å². The van der Waals surface area contributed by atoms with Crippen molar-refractivity contribution in [1.29, 1.82) is 0 Å². The van der Waals surface area contributed by atoms with E-state index in [1.165, 1.54) is 0 Å². The van der Waals surface area contributed by atoms with E-state index in [0.717, 1.165) is 11.1 Å². The molecule has 0 bridgehead atoms. The average Bonchev–Trinajstić information content (AvgIpc) is 2.59. The Bertz CT molecular complexity index is 717. The van der Waals surface area contributed by atoms with Gasteiger partial charge in [-0.3, -0.25) is 0 Å². The first-order chi connectivity index (χ1) is 11.6. The van der Waals surface area contributed by atoms with Crippen molar-refractivity contribution in [3.8, 4) is 5.75 Å². The molecule has 2 aromatic carbocycles. The van der Waals surface area contributed by atoms with Crippen molar-refractivity contribution >= 4 is 0 Å². The summed E-state index contributed by atoms with van der Waals surface area (Å²) in [4.78, 5) is 0. The van der Waals surface area contributed by atoms with Gasteiger partial charge in [-0.15, -0.1) is 0 Å². The normalized spacial score (nSPS) is 35.3. The van der Waals surface area contributed by atoms with Crippen molar-refractivity contribution in [2.75, 3.05) is 0 Å². The summed E-state index contributed by atoms with van der Waals surface area (Å²) >= 11 is 0. The minimum Gasteiger partial charge on any atom is -0.462 e. The Morgan fingerprint density at radius 3 is 2.46 bits per heavy atom. The number of hydrogen-bond donors (Lipinski definition) is 2. The van der Waals surface area contributed by atoms with Crippen molar-refractivity contribution in [1.82, 2.24) is 0 Å². The molecule has 2 aliphatic rings. The lowest BCUT2D eigenvalue weighted by atomic mass is 9.82. The predicted molar refractivity (Wildman–Crippen MR) is 89.4 cm³/mol. The average molecular weight is 326 g/mol. The summed E-state index contributed by atoms with van der Waals surface area (Å²) < 4.78 is 12.5. The first-order valence-electron chi connectivity index (χ1n) is 8.45. The molecule has 4 nitrogen and oxygen atoms in total. The second-order valence-corrected chi connectivity index (χ2v) is 6.85. The molecular formula is C20H22O4. The van der Waals surface area contributed by atoms with E-state index in [1.54, 1.807) is 0 Å². The summed E-state index contributed by atoms with van der Waals surface area (Å²) in [5.74, 6) is -0.416. The Morgan fingerprint density at radius 2 is 1.67 bits per heavy atom. The minimum atomic E-state index is -1.000. The van der Waals surface area contributed by atoms with Crippen LogP contribution in [0, 0.1) is 5.92 Å². The number of ether oxygens (including phenoxy) is 2. The molecule has 1 saturated heterocycles. The van der Waals surface area contributed by atoms with Crippen molar-refractivity contribution in [2.24, 2.45) is 5.92 Å². The highest BCUT2D eigenvalue weighted by Gasteiger charge is 2.50. The molecule has 126 valence electrons. The van der Waals surface area contributed by atoms with Gasteiger partial charge < -0.3 is 19.7 Å². The number of aliphatic hydroxyl groups is 2. The maximum atomic E-state index is 10.6. The van der Waals surface area contributed by atoms with Crippen LogP contribution in [0.3, 0.4) is 0 Å². The quantitative estimate of drug-likeness (QED) is 0.844. The molecule has 2 aliphatic heterocycles. The molecule has 2 heterocycles. The molecule has 0 unspecified atom stereocenters. The summed E-state index contributed by atoms with van der Waals surface area (Å²) in [5.41, 5.74) is 1.79. The predicted octanol–water partition coefficient (Wildman–Crippen LogP) is 3.36. The van der Waals surface area contributed by atoms with Crippen LogP contribution in [0.1, 0.15) is 43.1 Å². The van der Waals surface area contributed by atoms with E-state index in [0.29, 0.717) is 18.6 Å². The Labute approximate surface area is 141 Å². The van der Waals surface area contributed by atoms with E-state index in [-0.39, 0.29) is 12.0 Å². The first-order valence-corrected chi connectivity index (χ1v) is 8.45. The Morgan fingerprint density at radius 1 is 0.958 bits per heavy atom. The Hall–Kier alpha value is -1.88. The molecular weight excluding hydrogens is 304 g/mol. The van der Waals surface area contributed by atoms with Gasteiger partial charge in [-0.1, -0.05) is 55.5 Å². The fraction of sp³-hybridized carbons (Fsp3) is 0.400. The number of para-hydroxylation sites is 1. The van der Waals surface area contributed by atoms with Gasteiger partial charge in [0.15, 0.2) is 0 Å². The zero-order valence-electron chi connectivity index (χ0n) is 13.6. The van der Waals surface area contributed by atoms with Crippen LogP contribution in [0.5, 0.6) is 5.75 Å². The van der Waals surface area contributed by atoms with Gasteiger partial charge in [0.05, 0.1) is 18.3 Å². The molecule has 0 saturated carbocycles. The minimum absolute atomic E-state index is 0.0454. The molecule has 5 atom stereocenters. The van der Waals surface area contributed by atoms with Crippen LogP contribution in [-0.4, -0.2) is 22.1 Å². The van der Waals surface area contributed by atoms with Crippen LogP contribution in [0.4, 0.5) is 0 Å².